The van der Waals surface area contributed by atoms with Crippen molar-refractivity contribution in [1.29, 1.82) is 0 Å². The van der Waals surface area contributed by atoms with Gasteiger partial charge < -0.3 is 9.47 Å². The van der Waals surface area contributed by atoms with Gasteiger partial charge in [0.05, 0.1) is 23.0 Å². The summed E-state index contributed by atoms with van der Waals surface area (Å²) in [4.78, 5) is 32.9. The molecule has 0 unspecified atom stereocenters. The lowest BCUT2D eigenvalue weighted by Gasteiger charge is -2.08. The second kappa shape index (κ2) is 7.39. The van der Waals surface area contributed by atoms with Crippen molar-refractivity contribution in [2.75, 3.05) is 13.7 Å². The largest absolute Gasteiger partial charge is 0.496 e. The molecule has 0 bridgehead atoms. The summed E-state index contributed by atoms with van der Waals surface area (Å²) in [6.45, 7) is 1.07. The minimum atomic E-state index is -0.654. The highest BCUT2D eigenvalue weighted by Crippen LogP contribution is 2.31. The Morgan fingerprint density at radius 3 is 2.32 bits per heavy atom. The van der Waals surface area contributed by atoms with E-state index in [0.29, 0.717) is 5.56 Å². The Morgan fingerprint density at radius 1 is 1.04 bits per heavy atom. The minimum absolute atomic E-state index is 0.0912. The predicted octanol–water partition coefficient (Wildman–Crippen LogP) is 3.08. The quantitative estimate of drug-likeness (QED) is 0.429. The first-order valence-electron chi connectivity index (χ1n) is 7.07. The molecular weight excluding hydrogens is 332 g/mol. The van der Waals surface area contributed by atoms with Gasteiger partial charge in [-0.05, 0) is 19.1 Å². The number of methoxy groups -OCH3 is 1. The van der Waals surface area contributed by atoms with Gasteiger partial charge in [0, 0.05) is 17.2 Å². The Morgan fingerprint density at radius 2 is 1.72 bits per heavy atom. The van der Waals surface area contributed by atoms with E-state index in [1.807, 2.05) is 0 Å². The van der Waals surface area contributed by atoms with Crippen molar-refractivity contribution in [3.05, 3.63) is 67.8 Å². The Labute approximate surface area is 142 Å². The lowest BCUT2D eigenvalue weighted by Crippen LogP contribution is -2.13. The number of carbonyl (C=O) groups excluding carboxylic acids is 1. The maximum absolute atomic E-state index is 12.2. The van der Waals surface area contributed by atoms with E-state index in [4.69, 9.17) is 9.47 Å². The normalized spacial score (nSPS) is 10.2. The van der Waals surface area contributed by atoms with Crippen LogP contribution in [-0.4, -0.2) is 29.3 Å². The van der Waals surface area contributed by atoms with Gasteiger partial charge in [0.15, 0.2) is 18.1 Å². The van der Waals surface area contributed by atoms with E-state index in [1.54, 1.807) is 6.92 Å². The summed E-state index contributed by atoms with van der Waals surface area (Å²) >= 11 is 0. The molecule has 0 saturated carbocycles. The topological polar surface area (TPSA) is 122 Å². The molecule has 2 aromatic rings. The van der Waals surface area contributed by atoms with Crippen LogP contribution in [-0.2, 0) is 0 Å². The Kier molecular flexibility index (Phi) is 5.28. The first-order chi connectivity index (χ1) is 11.8. The van der Waals surface area contributed by atoms with Crippen LogP contribution in [0.25, 0.3) is 0 Å². The molecule has 2 aromatic carbocycles. The molecule has 130 valence electrons. The van der Waals surface area contributed by atoms with Gasteiger partial charge in [0.1, 0.15) is 5.75 Å². The van der Waals surface area contributed by atoms with Gasteiger partial charge >= 0.3 is 5.69 Å². The second-order valence-corrected chi connectivity index (χ2v) is 5.06. The number of nitro groups is 2. The lowest BCUT2D eigenvalue weighted by molar-refractivity contribution is -0.385. The fourth-order valence-electron chi connectivity index (χ4n) is 2.10. The zero-order valence-corrected chi connectivity index (χ0v) is 13.4. The molecule has 0 amide bonds. The standard InChI is InChI=1S/C16H14N2O7/c1-10-3-4-11(7-13(10)17(20)21)15(19)9-25-16-6-5-12(24-2)8-14(16)18(22)23/h3-8H,9H2,1-2H3. The summed E-state index contributed by atoms with van der Waals surface area (Å²) < 4.78 is 10.1. The number of ketones is 1. The summed E-state index contributed by atoms with van der Waals surface area (Å²) in [6.07, 6.45) is 0. The maximum Gasteiger partial charge on any atom is 0.314 e. The SMILES string of the molecule is COc1ccc(OCC(=O)c2ccc(C)c([N+](=O)[O-])c2)c([N+](=O)[O-])c1. The molecule has 9 heteroatoms. The van der Waals surface area contributed by atoms with Crippen LogP contribution in [0.1, 0.15) is 15.9 Å². The van der Waals surface area contributed by atoms with Crippen molar-refractivity contribution in [3.8, 4) is 11.5 Å². The molecule has 25 heavy (non-hydrogen) atoms. The number of nitro benzene ring substituents is 2. The summed E-state index contributed by atoms with van der Waals surface area (Å²) in [6, 6.07) is 8.02. The Balaban J connectivity index is 2.19. The average molecular weight is 346 g/mol. The van der Waals surface area contributed by atoms with Gasteiger partial charge in [-0.1, -0.05) is 12.1 Å². The van der Waals surface area contributed by atoms with E-state index in [1.165, 1.54) is 37.4 Å². The van der Waals surface area contributed by atoms with Crippen LogP contribution >= 0.6 is 0 Å². The smallest absolute Gasteiger partial charge is 0.314 e. The van der Waals surface area contributed by atoms with Crippen molar-refractivity contribution in [3.63, 3.8) is 0 Å². The average Bonchev–Trinajstić information content (AvgIpc) is 2.59. The van der Waals surface area contributed by atoms with Crippen LogP contribution < -0.4 is 9.47 Å². The highest BCUT2D eigenvalue weighted by molar-refractivity contribution is 5.98. The molecule has 0 fully saturated rings. The van der Waals surface area contributed by atoms with Gasteiger partial charge in [-0.25, -0.2) is 0 Å². The number of carbonyl (C=O) groups is 1. The number of rotatable bonds is 7. The van der Waals surface area contributed by atoms with Gasteiger partial charge in [-0.2, -0.15) is 0 Å². The molecule has 0 aliphatic heterocycles. The maximum atomic E-state index is 12.2. The molecule has 0 atom stereocenters. The number of ether oxygens (including phenoxy) is 2. The molecule has 0 aromatic heterocycles. The van der Waals surface area contributed by atoms with Crippen LogP contribution in [0, 0.1) is 27.2 Å². The number of nitrogens with zero attached hydrogens (tertiary/aromatic N) is 2. The second-order valence-electron chi connectivity index (χ2n) is 5.06. The third-order valence-electron chi connectivity index (χ3n) is 3.45. The van der Waals surface area contributed by atoms with E-state index in [-0.39, 0.29) is 28.4 Å². The Hall–Kier alpha value is -3.49. The van der Waals surface area contributed by atoms with Gasteiger partial charge in [0.25, 0.3) is 5.69 Å². The summed E-state index contributed by atoms with van der Waals surface area (Å²) in [5.41, 5.74) is -0.00922. The van der Waals surface area contributed by atoms with Crippen LogP contribution in [0.3, 0.4) is 0 Å². The zero-order chi connectivity index (χ0) is 18.6. The number of hydrogen-bond donors (Lipinski definition) is 0. The van der Waals surface area contributed by atoms with E-state index < -0.39 is 22.2 Å². The molecule has 9 nitrogen and oxygen atoms in total. The molecule has 0 heterocycles. The summed E-state index contributed by atoms with van der Waals surface area (Å²) in [5, 5.41) is 22.0. The molecule has 0 aliphatic carbocycles. The van der Waals surface area contributed by atoms with E-state index in [0.717, 1.165) is 6.07 Å². The highest BCUT2D eigenvalue weighted by atomic mass is 16.6. The van der Waals surface area contributed by atoms with Crippen molar-refractivity contribution in [2.24, 2.45) is 0 Å². The molecule has 0 aliphatic rings. The van der Waals surface area contributed by atoms with Crippen LogP contribution in [0.5, 0.6) is 11.5 Å². The monoisotopic (exact) mass is 346 g/mol. The van der Waals surface area contributed by atoms with Gasteiger partial charge in [-0.15, -0.1) is 0 Å². The van der Waals surface area contributed by atoms with Crippen molar-refractivity contribution in [2.45, 2.75) is 6.92 Å². The predicted molar refractivity (Wildman–Crippen MR) is 87.3 cm³/mol. The van der Waals surface area contributed by atoms with Crippen LogP contribution in [0.15, 0.2) is 36.4 Å². The fourth-order valence-corrected chi connectivity index (χ4v) is 2.10. The highest BCUT2D eigenvalue weighted by Gasteiger charge is 2.19. The first kappa shape index (κ1) is 17.9. The fraction of sp³-hybridized carbons (Fsp3) is 0.188. The van der Waals surface area contributed by atoms with Crippen LogP contribution in [0.4, 0.5) is 11.4 Å². The number of hydrogen-bond acceptors (Lipinski definition) is 7. The third-order valence-corrected chi connectivity index (χ3v) is 3.45. The van der Waals surface area contributed by atoms with Crippen molar-refractivity contribution in [1.82, 2.24) is 0 Å². The summed E-state index contributed by atoms with van der Waals surface area (Å²) in [7, 11) is 1.37. The van der Waals surface area contributed by atoms with Gasteiger partial charge in [-0.3, -0.25) is 25.0 Å². The number of benzene rings is 2. The number of Topliss-reactive ketones (excluding diaryl/α,β-unsaturated/α-hetero) is 1. The number of aryl methyl sites for hydroxylation is 1. The lowest BCUT2D eigenvalue weighted by atomic mass is 10.1. The van der Waals surface area contributed by atoms with E-state index >= 15 is 0 Å². The van der Waals surface area contributed by atoms with Crippen molar-refractivity contribution >= 4 is 17.2 Å². The van der Waals surface area contributed by atoms with Gasteiger partial charge in [0.2, 0.25) is 0 Å². The van der Waals surface area contributed by atoms with Crippen molar-refractivity contribution < 1.29 is 24.1 Å². The van der Waals surface area contributed by atoms with Crippen LogP contribution in [0.2, 0.25) is 0 Å². The molecule has 2 rings (SSSR count). The van der Waals surface area contributed by atoms with E-state index in [2.05, 4.69) is 0 Å². The molecule has 0 radical (unpaired) electrons. The molecule has 0 spiro atoms. The summed E-state index contributed by atoms with van der Waals surface area (Å²) in [5.74, 6) is -0.353. The molecule has 0 saturated heterocycles. The third kappa shape index (κ3) is 4.08. The Bertz CT molecular complexity index is 848. The first-order valence-corrected chi connectivity index (χ1v) is 7.07. The minimum Gasteiger partial charge on any atom is -0.496 e. The van der Waals surface area contributed by atoms with E-state index in [9.17, 15) is 25.0 Å². The zero-order valence-electron chi connectivity index (χ0n) is 13.4. The molecular formula is C16H14N2O7. The molecule has 0 N–H and O–H groups in total.